The molecule has 4 nitrogen and oxygen atoms in total. The van der Waals surface area contributed by atoms with E-state index in [1.165, 1.54) is 12.1 Å². The van der Waals surface area contributed by atoms with Gasteiger partial charge in [0.05, 0.1) is 12.2 Å². The molecule has 0 atom stereocenters. The van der Waals surface area contributed by atoms with E-state index in [4.69, 9.17) is 4.74 Å². The summed E-state index contributed by atoms with van der Waals surface area (Å²) in [5, 5.41) is 7.94. The summed E-state index contributed by atoms with van der Waals surface area (Å²) in [6.07, 6.45) is 2.77. The molecule has 17 heavy (non-hydrogen) atoms. The normalized spacial score (nSPS) is 10.5. The molecule has 0 saturated heterocycles. The first-order chi connectivity index (χ1) is 8.28. The molecule has 90 valence electrons. The van der Waals surface area contributed by atoms with Crippen molar-refractivity contribution in [2.75, 3.05) is 6.61 Å². The molecule has 1 aromatic heterocycles. The third kappa shape index (κ3) is 3.27. The summed E-state index contributed by atoms with van der Waals surface area (Å²) in [6, 6.07) is 5.96. The maximum atomic E-state index is 12.6. The predicted molar refractivity (Wildman–Crippen MR) is 61.3 cm³/mol. The lowest BCUT2D eigenvalue weighted by Crippen LogP contribution is -2.08. The topological polar surface area (TPSA) is 39.9 Å². The zero-order valence-electron chi connectivity index (χ0n) is 9.64. The molecule has 0 radical (unpaired) electrons. The minimum atomic E-state index is -0.263. The average Bonchev–Trinajstić information content (AvgIpc) is 2.80. The molecule has 0 aliphatic rings. The molecule has 1 aromatic carbocycles. The van der Waals surface area contributed by atoms with E-state index in [1.54, 1.807) is 16.8 Å². The molecule has 0 bridgehead atoms. The van der Waals surface area contributed by atoms with E-state index in [1.807, 2.05) is 13.1 Å². The summed E-state index contributed by atoms with van der Waals surface area (Å²) in [6.45, 7) is 3.14. The Morgan fingerprint density at radius 1 is 1.29 bits per heavy atom. The zero-order valence-corrected chi connectivity index (χ0v) is 9.64. The van der Waals surface area contributed by atoms with Crippen LogP contribution in [0, 0.1) is 5.82 Å². The molecular weight excluding hydrogens is 221 g/mol. The second-order valence-corrected chi connectivity index (χ2v) is 3.63. The first-order valence-electron chi connectivity index (χ1n) is 5.55. The van der Waals surface area contributed by atoms with Crippen LogP contribution in [0.15, 0.2) is 30.5 Å². The predicted octanol–water partition coefficient (Wildman–Crippen LogP) is 2.06. The van der Waals surface area contributed by atoms with Gasteiger partial charge in [0.2, 0.25) is 0 Å². The minimum absolute atomic E-state index is 0.263. The van der Waals surface area contributed by atoms with Crippen LogP contribution in [0.4, 0.5) is 4.39 Å². The average molecular weight is 235 g/mol. The van der Waals surface area contributed by atoms with E-state index < -0.39 is 0 Å². The van der Waals surface area contributed by atoms with Gasteiger partial charge in [0, 0.05) is 6.20 Å². The number of hydrogen-bond acceptors (Lipinski definition) is 3. The van der Waals surface area contributed by atoms with Crippen LogP contribution in [0.25, 0.3) is 0 Å². The van der Waals surface area contributed by atoms with Crippen LogP contribution in [0.2, 0.25) is 0 Å². The van der Waals surface area contributed by atoms with Crippen LogP contribution in [-0.2, 0) is 13.0 Å². The van der Waals surface area contributed by atoms with E-state index in [9.17, 15) is 4.39 Å². The Morgan fingerprint density at radius 2 is 2.06 bits per heavy atom. The van der Waals surface area contributed by atoms with E-state index in [2.05, 4.69) is 10.3 Å². The molecule has 0 saturated carbocycles. The van der Waals surface area contributed by atoms with Gasteiger partial charge < -0.3 is 4.74 Å². The van der Waals surface area contributed by atoms with E-state index in [-0.39, 0.29) is 5.82 Å². The molecule has 5 heteroatoms. The third-order valence-corrected chi connectivity index (χ3v) is 2.35. The lowest BCUT2D eigenvalue weighted by molar-refractivity contribution is 0.289. The van der Waals surface area contributed by atoms with Gasteiger partial charge in [-0.3, -0.25) is 0 Å². The van der Waals surface area contributed by atoms with Crippen molar-refractivity contribution in [3.05, 3.63) is 42.0 Å². The lowest BCUT2D eigenvalue weighted by atomic mass is 10.3. The van der Waals surface area contributed by atoms with Gasteiger partial charge in [0.25, 0.3) is 0 Å². The van der Waals surface area contributed by atoms with E-state index >= 15 is 0 Å². The van der Waals surface area contributed by atoms with Crippen molar-refractivity contribution in [2.24, 2.45) is 0 Å². The van der Waals surface area contributed by atoms with Gasteiger partial charge >= 0.3 is 0 Å². The molecule has 0 amide bonds. The van der Waals surface area contributed by atoms with Crippen LogP contribution < -0.4 is 4.74 Å². The molecule has 2 aromatic rings. The Kier molecular flexibility index (Phi) is 3.69. The Balaban J connectivity index is 1.81. The fourth-order valence-electron chi connectivity index (χ4n) is 1.40. The largest absolute Gasteiger partial charge is 0.492 e. The molecule has 0 aliphatic carbocycles. The maximum Gasteiger partial charge on any atom is 0.123 e. The second kappa shape index (κ2) is 5.43. The highest BCUT2D eigenvalue weighted by Gasteiger charge is 1.99. The number of aromatic nitrogens is 3. The Morgan fingerprint density at radius 3 is 2.71 bits per heavy atom. The highest BCUT2D eigenvalue weighted by Crippen LogP contribution is 2.10. The number of nitrogens with zero attached hydrogens (tertiary/aromatic N) is 3. The van der Waals surface area contributed by atoms with Crippen molar-refractivity contribution < 1.29 is 9.13 Å². The smallest absolute Gasteiger partial charge is 0.123 e. The Labute approximate surface area is 99.0 Å². The van der Waals surface area contributed by atoms with Crippen molar-refractivity contribution in [1.82, 2.24) is 15.0 Å². The first-order valence-corrected chi connectivity index (χ1v) is 5.55. The van der Waals surface area contributed by atoms with Crippen LogP contribution in [0.1, 0.15) is 12.6 Å². The van der Waals surface area contributed by atoms with Gasteiger partial charge in [0.1, 0.15) is 18.2 Å². The highest BCUT2D eigenvalue weighted by molar-refractivity contribution is 5.21. The fraction of sp³-hybridized carbons (Fsp3) is 0.333. The van der Waals surface area contributed by atoms with Crippen molar-refractivity contribution in [1.29, 1.82) is 0 Å². The summed E-state index contributed by atoms with van der Waals surface area (Å²) in [4.78, 5) is 0. The quantitative estimate of drug-likeness (QED) is 0.796. The van der Waals surface area contributed by atoms with Crippen LogP contribution in [-0.4, -0.2) is 21.6 Å². The monoisotopic (exact) mass is 235 g/mol. The molecular formula is C12H14FN3O. The van der Waals surface area contributed by atoms with Gasteiger partial charge in [-0.25, -0.2) is 9.07 Å². The number of rotatable bonds is 5. The molecule has 0 unspecified atom stereocenters. The van der Waals surface area contributed by atoms with Gasteiger partial charge in [-0.1, -0.05) is 12.1 Å². The summed E-state index contributed by atoms with van der Waals surface area (Å²) >= 11 is 0. The molecule has 2 rings (SSSR count). The fourth-order valence-corrected chi connectivity index (χ4v) is 1.40. The molecule has 0 N–H and O–H groups in total. The van der Waals surface area contributed by atoms with Crippen LogP contribution in [0.5, 0.6) is 5.75 Å². The number of ether oxygens (including phenoxy) is 1. The van der Waals surface area contributed by atoms with Crippen molar-refractivity contribution in [2.45, 2.75) is 19.9 Å². The molecule has 1 heterocycles. The maximum absolute atomic E-state index is 12.6. The Hall–Kier alpha value is -1.91. The minimum Gasteiger partial charge on any atom is -0.492 e. The summed E-state index contributed by atoms with van der Waals surface area (Å²) in [5.41, 5.74) is 0.965. The first kappa shape index (κ1) is 11.6. The number of aryl methyl sites for hydroxylation is 1. The standard InChI is InChI=1S/C12H14FN3O/c1-2-11-9-16(15-14-11)7-8-17-12-5-3-10(13)4-6-12/h3-6,9H,2,7-8H2,1H3. The van der Waals surface area contributed by atoms with Crippen LogP contribution >= 0.6 is 0 Å². The van der Waals surface area contributed by atoms with Gasteiger partial charge in [0.15, 0.2) is 0 Å². The van der Waals surface area contributed by atoms with E-state index in [0.29, 0.717) is 18.9 Å². The van der Waals surface area contributed by atoms with Crippen molar-refractivity contribution in [3.8, 4) is 5.75 Å². The molecule has 0 fully saturated rings. The van der Waals surface area contributed by atoms with E-state index in [0.717, 1.165) is 12.1 Å². The van der Waals surface area contributed by atoms with Gasteiger partial charge in [-0.15, -0.1) is 5.10 Å². The number of benzene rings is 1. The van der Waals surface area contributed by atoms with Crippen molar-refractivity contribution >= 4 is 0 Å². The SMILES string of the molecule is CCc1cn(CCOc2ccc(F)cc2)nn1. The summed E-state index contributed by atoms with van der Waals surface area (Å²) in [5.74, 6) is 0.392. The molecule has 0 aliphatic heterocycles. The summed E-state index contributed by atoms with van der Waals surface area (Å²) < 4.78 is 19.8. The summed E-state index contributed by atoms with van der Waals surface area (Å²) in [7, 11) is 0. The molecule has 0 spiro atoms. The Bertz CT molecular complexity index is 467. The lowest BCUT2D eigenvalue weighted by Gasteiger charge is -2.05. The third-order valence-electron chi connectivity index (χ3n) is 2.35. The van der Waals surface area contributed by atoms with Gasteiger partial charge in [-0.05, 0) is 30.7 Å². The number of hydrogen-bond donors (Lipinski definition) is 0. The second-order valence-electron chi connectivity index (χ2n) is 3.63. The zero-order chi connectivity index (χ0) is 12.1. The number of halogens is 1. The van der Waals surface area contributed by atoms with Gasteiger partial charge in [-0.2, -0.15) is 0 Å². The van der Waals surface area contributed by atoms with Crippen molar-refractivity contribution in [3.63, 3.8) is 0 Å². The van der Waals surface area contributed by atoms with Crippen LogP contribution in [0.3, 0.4) is 0 Å². The highest BCUT2D eigenvalue weighted by atomic mass is 19.1.